The summed E-state index contributed by atoms with van der Waals surface area (Å²) in [4.78, 5) is 0. The van der Waals surface area contributed by atoms with Gasteiger partial charge in [0.05, 0.1) is 5.69 Å². The third-order valence-corrected chi connectivity index (χ3v) is 2.53. The molecule has 2 rings (SSSR count). The van der Waals surface area contributed by atoms with Gasteiger partial charge in [-0.15, -0.1) is 12.8 Å². The zero-order chi connectivity index (χ0) is 16.8. The Labute approximate surface area is 128 Å². The Hall–Kier alpha value is -2.05. The van der Waals surface area contributed by atoms with E-state index in [4.69, 9.17) is 0 Å². The van der Waals surface area contributed by atoms with Crippen LogP contribution in [0.2, 0.25) is 0 Å². The molecule has 0 unspecified atom stereocenters. The van der Waals surface area contributed by atoms with Crippen molar-refractivity contribution >= 4 is 5.69 Å². The summed E-state index contributed by atoms with van der Waals surface area (Å²) in [6, 6.07) is 5.18. The topological polar surface area (TPSA) is 38.0 Å². The Morgan fingerprint density at radius 1 is 1.29 bits per heavy atom. The Kier molecular flexibility index (Phi) is 13.1. The molecule has 1 aromatic carbocycles. The molecular weight excluding hydrogens is 263 g/mol. The number of hydrogen-bond donors (Lipinski definition) is 2. The van der Waals surface area contributed by atoms with E-state index in [-0.39, 0.29) is 5.82 Å². The first-order valence-electron chi connectivity index (χ1n) is 7.04. The van der Waals surface area contributed by atoms with Gasteiger partial charge >= 0.3 is 0 Å². The predicted molar refractivity (Wildman–Crippen MR) is 92.6 cm³/mol. The van der Waals surface area contributed by atoms with Gasteiger partial charge < -0.3 is 11.1 Å². The van der Waals surface area contributed by atoms with E-state index in [1.54, 1.807) is 0 Å². The number of allylic oxidation sites excluding steroid dienone is 2. The van der Waals surface area contributed by atoms with Crippen molar-refractivity contribution in [2.24, 2.45) is 5.73 Å². The van der Waals surface area contributed by atoms with Gasteiger partial charge in [0.15, 0.2) is 0 Å². The predicted octanol–water partition coefficient (Wildman–Crippen LogP) is 4.49. The lowest BCUT2D eigenvalue weighted by Crippen LogP contribution is -2.09. The smallest absolute Gasteiger partial charge is 0.146 e. The highest BCUT2D eigenvalue weighted by molar-refractivity contribution is 5.55. The van der Waals surface area contributed by atoms with Gasteiger partial charge in [0.25, 0.3) is 0 Å². The van der Waals surface area contributed by atoms with Crippen LogP contribution in [0.25, 0.3) is 0 Å². The fraction of sp³-hybridized carbons (Fsp3) is 0.333. The third kappa shape index (κ3) is 7.34. The first-order chi connectivity index (χ1) is 10.2. The fourth-order valence-corrected chi connectivity index (χ4v) is 1.60. The van der Waals surface area contributed by atoms with Crippen molar-refractivity contribution in [1.82, 2.24) is 0 Å². The van der Waals surface area contributed by atoms with Crippen molar-refractivity contribution in [3.63, 3.8) is 0 Å². The standard InChI is InChI=1S/C13H14FN.C2H6.C2H2.CH5N/c1-3-10-4-5-12(14)13(8-10)15-11-6-9(2)7-11;3*1-2/h4-6,8,15H,2-3,7H2,1H3;1-2H3;1-2H;2H2,1H3. The quantitative estimate of drug-likeness (QED) is 0.805. The van der Waals surface area contributed by atoms with Crippen LogP contribution >= 0.6 is 0 Å². The summed E-state index contributed by atoms with van der Waals surface area (Å²) in [5.74, 6) is -0.203. The summed E-state index contributed by atoms with van der Waals surface area (Å²) >= 11 is 0. The zero-order valence-corrected chi connectivity index (χ0v) is 13.5. The van der Waals surface area contributed by atoms with Crippen molar-refractivity contribution in [3.05, 3.63) is 53.5 Å². The van der Waals surface area contributed by atoms with Gasteiger partial charge in [-0.05, 0) is 42.8 Å². The van der Waals surface area contributed by atoms with Crippen LogP contribution in [0.5, 0.6) is 0 Å². The van der Waals surface area contributed by atoms with E-state index >= 15 is 0 Å². The van der Waals surface area contributed by atoms with Crippen LogP contribution in [-0.4, -0.2) is 7.05 Å². The molecule has 0 aliphatic heterocycles. The molecule has 0 atom stereocenters. The van der Waals surface area contributed by atoms with Gasteiger partial charge in [0.2, 0.25) is 0 Å². The van der Waals surface area contributed by atoms with E-state index in [2.05, 4.69) is 37.4 Å². The molecule has 1 aromatic rings. The molecule has 0 heterocycles. The van der Waals surface area contributed by atoms with Crippen molar-refractivity contribution in [2.75, 3.05) is 12.4 Å². The monoisotopic (exact) mass is 290 g/mol. The molecule has 1 aliphatic carbocycles. The minimum absolute atomic E-state index is 0.203. The molecule has 0 bridgehead atoms. The van der Waals surface area contributed by atoms with Crippen molar-refractivity contribution in [1.29, 1.82) is 0 Å². The average molecular weight is 290 g/mol. The van der Waals surface area contributed by atoms with E-state index in [1.165, 1.54) is 13.1 Å². The molecule has 3 N–H and O–H groups in total. The van der Waals surface area contributed by atoms with Gasteiger partial charge in [0.1, 0.15) is 5.82 Å². The van der Waals surface area contributed by atoms with Gasteiger partial charge in [-0.3, -0.25) is 0 Å². The molecule has 0 spiro atoms. The highest BCUT2D eigenvalue weighted by Gasteiger charge is 2.11. The second kappa shape index (κ2) is 13.0. The number of aryl methyl sites for hydroxylation is 1. The zero-order valence-electron chi connectivity index (χ0n) is 13.5. The second-order valence-corrected chi connectivity index (χ2v) is 3.80. The van der Waals surface area contributed by atoms with E-state index in [9.17, 15) is 4.39 Å². The normalized spacial score (nSPS) is 11.0. The molecule has 116 valence electrons. The minimum Gasteiger partial charge on any atom is -0.356 e. The lowest BCUT2D eigenvalue weighted by molar-refractivity contribution is 0.630. The summed E-state index contributed by atoms with van der Waals surface area (Å²) in [6.45, 7) is 9.86. The van der Waals surface area contributed by atoms with Crippen LogP contribution in [0, 0.1) is 18.7 Å². The average Bonchev–Trinajstić information content (AvgIpc) is 2.53. The van der Waals surface area contributed by atoms with Crippen LogP contribution in [0.15, 0.2) is 42.1 Å². The van der Waals surface area contributed by atoms with Crippen molar-refractivity contribution < 1.29 is 4.39 Å². The second-order valence-electron chi connectivity index (χ2n) is 3.80. The maximum atomic E-state index is 13.4. The first-order valence-corrected chi connectivity index (χ1v) is 7.04. The Balaban J connectivity index is 0. The Morgan fingerprint density at radius 3 is 2.24 bits per heavy atom. The maximum absolute atomic E-state index is 13.4. The number of nitrogens with two attached hydrogens (primary N) is 1. The molecule has 21 heavy (non-hydrogen) atoms. The maximum Gasteiger partial charge on any atom is 0.146 e. The number of halogens is 1. The number of hydrogen-bond acceptors (Lipinski definition) is 2. The molecule has 2 nitrogen and oxygen atoms in total. The van der Waals surface area contributed by atoms with Gasteiger partial charge in [-0.1, -0.05) is 33.4 Å². The largest absolute Gasteiger partial charge is 0.356 e. The number of benzene rings is 1. The van der Waals surface area contributed by atoms with Gasteiger partial charge in [0, 0.05) is 12.1 Å². The first kappa shape index (κ1) is 21.3. The summed E-state index contributed by atoms with van der Waals surface area (Å²) < 4.78 is 13.4. The number of terminal acetylenes is 1. The molecular formula is C18H27FN2. The molecule has 0 amide bonds. The van der Waals surface area contributed by atoms with Crippen LogP contribution in [0.4, 0.5) is 10.1 Å². The summed E-state index contributed by atoms with van der Waals surface area (Å²) in [6.07, 6.45) is 11.7. The summed E-state index contributed by atoms with van der Waals surface area (Å²) in [5.41, 5.74) is 8.32. The third-order valence-electron chi connectivity index (χ3n) is 2.53. The molecule has 0 saturated heterocycles. The van der Waals surface area contributed by atoms with Gasteiger partial charge in [-0.2, -0.15) is 0 Å². The van der Waals surface area contributed by atoms with Crippen LogP contribution in [0.1, 0.15) is 32.8 Å². The molecule has 3 heteroatoms. The SMILES string of the molecule is C#C.C=C1C=C(Nc2cc(CC)ccc2F)C1.CC.CN. The molecule has 0 fully saturated rings. The number of anilines is 1. The Morgan fingerprint density at radius 2 is 1.81 bits per heavy atom. The Bertz CT molecular complexity index is 473. The minimum atomic E-state index is -0.203. The highest BCUT2D eigenvalue weighted by Crippen LogP contribution is 2.26. The molecule has 1 aliphatic rings. The lowest BCUT2D eigenvalue weighted by atomic mass is 10.00. The van der Waals surface area contributed by atoms with Crippen LogP contribution in [0.3, 0.4) is 0 Å². The van der Waals surface area contributed by atoms with Crippen molar-refractivity contribution in [3.8, 4) is 12.8 Å². The molecule has 0 saturated carbocycles. The fourth-order valence-electron chi connectivity index (χ4n) is 1.60. The summed E-state index contributed by atoms with van der Waals surface area (Å²) in [7, 11) is 1.50. The highest BCUT2D eigenvalue weighted by atomic mass is 19.1. The van der Waals surface area contributed by atoms with E-state index < -0.39 is 0 Å². The molecule has 0 radical (unpaired) electrons. The summed E-state index contributed by atoms with van der Waals surface area (Å²) in [5, 5.41) is 3.08. The van der Waals surface area contributed by atoms with Crippen LogP contribution < -0.4 is 11.1 Å². The number of rotatable bonds is 3. The lowest BCUT2D eigenvalue weighted by Gasteiger charge is -2.19. The van der Waals surface area contributed by atoms with Crippen molar-refractivity contribution in [2.45, 2.75) is 33.6 Å². The number of nitrogens with one attached hydrogen (secondary N) is 1. The van der Waals surface area contributed by atoms with E-state index in [0.29, 0.717) is 5.69 Å². The molecule has 0 aromatic heterocycles. The van der Waals surface area contributed by atoms with Gasteiger partial charge in [-0.25, -0.2) is 4.39 Å². The van der Waals surface area contributed by atoms with Crippen LogP contribution in [-0.2, 0) is 6.42 Å². The van der Waals surface area contributed by atoms with E-state index in [0.717, 1.165) is 29.7 Å². The van der Waals surface area contributed by atoms with E-state index in [1.807, 2.05) is 32.1 Å².